The average Bonchev–Trinajstić information content (AvgIpc) is 3.34. The lowest BCUT2D eigenvalue weighted by Gasteiger charge is -2.18. The molecule has 0 radical (unpaired) electrons. The van der Waals surface area contributed by atoms with E-state index in [-0.39, 0.29) is 31.1 Å². The van der Waals surface area contributed by atoms with E-state index in [0.717, 1.165) is 89.9 Å². The molecule has 68 heavy (non-hydrogen) atoms. The van der Waals surface area contributed by atoms with Crippen LogP contribution in [0.5, 0.6) is 0 Å². The van der Waals surface area contributed by atoms with Crippen LogP contribution in [0.4, 0.5) is 0 Å². The molecule has 6 heteroatoms. The fourth-order valence-electron chi connectivity index (χ4n) is 9.13. The maximum absolute atomic E-state index is 12.8. The molecule has 0 saturated carbocycles. The zero-order valence-electron chi connectivity index (χ0n) is 45.9. The Morgan fingerprint density at radius 2 is 0.559 bits per heavy atom. The van der Waals surface area contributed by atoms with Gasteiger partial charge in [-0.2, -0.15) is 0 Å². The third kappa shape index (κ3) is 54.8. The Morgan fingerprint density at radius 3 is 0.868 bits per heavy atom. The predicted molar refractivity (Wildman–Crippen MR) is 293 cm³/mol. The molecule has 0 spiro atoms. The molecule has 6 nitrogen and oxygen atoms in total. The van der Waals surface area contributed by atoms with Crippen LogP contribution in [0, 0.1) is 0 Å². The zero-order chi connectivity index (χ0) is 49.3. The van der Waals surface area contributed by atoms with Gasteiger partial charge in [-0.15, -0.1) is 0 Å². The van der Waals surface area contributed by atoms with Gasteiger partial charge >= 0.3 is 17.9 Å². The average molecular weight is 958 g/mol. The second kappa shape index (κ2) is 57.5. The fourth-order valence-corrected chi connectivity index (χ4v) is 9.13. The summed E-state index contributed by atoms with van der Waals surface area (Å²) in [5.41, 5.74) is 0. The first-order chi connectivity index (χ1) is 33.5. The molecule has 0 heterocycles. The van der Waals surface area contributed by atoms with E-state index in [2.05, 4.69) is 45.1 Å². The number of hydrogen-bond acceptors (Lipinski definition) is 6. The molecule has 1 atom stereocenters. The molecular weight excluding hydrogens is 841 g/mol. The van der Waals surface area contributed by atoms with Crippen LogP contribution in [0.3, 0.4) is 0 Å². The number of unbranched alkanes of at least 4 members (excludes halogenated alkanes) is 41. The van der Waals surface area contributed by atoms with Crippen molar-refractivity contribution in [3.8, 4) is 0 Å². The SMILES string of the molecule is CCC/C=C\C/C=C\CCCCCCCC(=O)OC(COC(=O)CCCCCCCCCCCCCC)COC(=O)CCCCCCCCCCCCCCCCCCCCCCCCCCC. The standard InChI is InChI=1S/C62H116O6/c1-4-7-10-13-16-19-22-25-26-27-28-29-30-31-32-33-34-35-36-38-40-43-46-49-52-55-61(64)67-58-59(57-66-60(63)54-51-48-45-42-39-24-21-18-15-12-9-6-3)68-62(65)56-53-50-47-44-41-37-23-20-17-14-11-8-5-2/h11,14,20,23,59H,4-10,12-13,15-19,21-22,24-58H2,1-3H3/b14-11-,23-20-. The van der Waals surface area contributed by atoms with E-state index < -0.39 is 6.10 Å². The van der Waals surface area contributed by atoms with E-state index in [9.17, 15) is 14.4 Å². The molecule has 400 valence electrons. The third-order valence-electron chi connectivity index (χ3n) is 13.7. The van der Waals surface area contributed by atoms with Crippen molar-refractivity contribution in [2.45, 2.75) is 341 Å². The van der Waals surface area contributed by atoms with Crippen molar-refractivity contribution in [2.75, 3.05) is 13.2 Å². The van der Waals surface area contributed by atoms with Crippen LogP contribution in [-0.2, 0) is 28.6 Å². The number of rotatable bonds is 56. The van der Waals surface area contributed by atoms with Crippen molar-refractivity contribution in [2.24, 2.45) is 0 Å². The Kier molecular flexibility index (Phi) is 55.7. The lowest BCUT2D eigenvalue weighted by molar-refractivity contribution is -0.167. The van der Waals surface area contributed by atoms with Crippen LogP contribution < -0.4 is 0 Å². The van der Waals surface area contributed by atoms with Gasteiger partial charge in [-0.3, -0.25) is 14.4 Å². The molecule has 0 aliphatic rings. The second-order valence-electron chi connectivity index (χ2n) is 20.6. The Balaban J connectivity index is 4.17. The summed E-state index contributed by atoms with van der Waals surface area (Å²) in [6, 6.07) is 0. The van der Waals surface area contributed by atoms with Crippen molar-refractivity contribution < 1.29 is 28.6 Å². The van der Waals surface area contributed by atoms with E-state index in [1.807, 2.05) is 0 Å². The monoisotopic (exact) mass is 957 g/mol. The quantitative estimate of drug-likeness (QED) is 0.0262. The van der Waals surface area contributed by atoms with Crippen LogP contribution in [0.2, 0.25) is 0 Å². The molecule has 0 amide bonds. The second-order valence-corrected chi connectivity index (χ2v) is 20.6. The van der Waals surface area contributed by atoms with E-state index >= 15 is 0 Å². The maximum Gasteiger partial charge on any atom is 0.306 e. The molecule has 0 saturated heterocycles. The smallest absolute Gasteiger partial charge is 0.306 e. The number of hydrogen-bond donors (Lipinski definition) is 0. The molecule has 0 rings (SSSR count). The highest BCUT2D eigenvalue weighted by Crippen LogP contribution is 2.18. The van der Waals surface area contributed by atoms with Gasteiger partial charge in [0.1, 0.15) is 13.2 Å². The molecule has 0 fully saturated rings. The summed E-state index contributed by atoms with van der Waals surface area (Å²) in [5.74, 6) is -0.865. The largest absolute Gasteiger partial charge is 0.462 e. The van der Waals surface area contributed by atoms with Crippen molar-refractivity contribution in [3.63, 3.8) is 0 Å². The first-order valence-electron chi connectivity index (χ1n) is 30.3. The summed E-state index contributed by atoms with van der Waals surface area (Å²) in [6.45, 7) is 6.61. The third-order valence-corrected chi connectivity index (χ3v) is 13.7. The van der Waals surface area contributed by atoms with E-state index in [1.54, 1.807) is 0 Å². The Labute approximate surface area is 423 Å². The van der Waals surface area contributed by atoms with Gasteiger partial charge in [0.2, 0.25) is 0 Å². The number of ether oxygens (including phenoxy) is 3. The van der Waals surface area contributed by atoms with E-state index in [4.69, 9.17) is 14.2 Å². The number of carbonyl (C=O) groups excluding carboxylic acids is 3. The molecular formula is C62H116O6. The highest BCUT2D eigenvalue weighted by atomic mass is 16.6. The topological polar surface area (TPSA) is 78.9 Å². The minimum atomic E-state index is -0.773. The van der Waals surface area contributed by atoms with Crippen LogP contribution in [0.15, 0.2) is 24.3 Å². The summed E-state index contributed by atoms with van der Waals surface area (Å²) in [5, 5.41) is 0. The number of carbonyl (C=O) groups is 3. The summed E-state index contributed by atoms with van der Waals surface area (Å²) in [4.78, 5) is 38.1. The summed E-state index contributed by atoms with van der Waals surface area (Å²) in [7, 11) is 0. The van der Waals surface area contributed by atoms with Crippen LogP contribution in [0.25, 0.3) is 0 Å². The van der Waals surface area contributed by atoms with Gasteiger partial charge in [-0.1, -0.05) is 295 Å². The van der Waals surface area contributed by atoms with Crippen LogP contribution in [0.1, 0.15) is 335 Å². The van der Waals surface area contributed by atoms with Crippen molar-refractivity contribution in [1.82, 2.24) is 0 Å². The first kappa shape index (κ1) is 65.9. The summed E-state index contributed by atoms with van der Waals surface area (Å²) >= 11 is 0. The lowest BCUT2D eigenvalue weighted by Crippen LogP contribution is -2.30. The van der Waals surface area contributed by atoms with Gasteiger partial charge < -0.3 is 14.2 Å². The van der Waals surface area contributed by atoms with Crippen LogP contribution in [-0.4, -0.2) is 37.2 Å². The minimum absolute atomic E-state index is 0.0716. The highest BCUT2D eigenvalue weighted by molar-refractivity contribution is 5.71. The number of allylic oxidation sites excluding steroid dienone is 4. The lowest BCUT2D eigenvalue weighted by atomic mass is 10.0. The van der Waals surface area contributed by atoms with Crippen molar-refractivity contribution in [3.05, 3.63) is 24.3 Å². The molecule has 0 N–H and O–H groups in total. The molecule has 1 unspecified atom stereocenters. The minimum Gasteiger partial charge on any atom is -0.462 e. The Morgan fingerprint density at radius 1 is 0.294 bits per heavy atom. The van der Waals surface area contributed by atoms with Gasteiger partial charge in [0, 0.05) is 19.3 Å². The maximum atomic E-state index is 12.8. The van der Waals surface area contributed by atoms with Gasteiger partial charge in [0.05, 0.1) is 0 Å². The van der Waals surface area contributed by atoms with Gasteiger partial charge in [0.15, 0.2) is 6.10 Å². The van der Waals surface area contributed by atoms with Gasteiger partial charge in [-0.05, 0) is 44.9 Å². The fraction of sp³-hybridized carbons (Fsp3) is 0.887. The molecule has 0 aromatic heterocycles. The molecule has 0 aromatic rings. The van der Waals surface area contributed by atoms with Crippen LogP contribution >= 0.6 is 0 Å². The summed E-state index contributed by atoms with van der Waals surface area (Å²) in [6.07, 6.45) is 67.6. The first-order valence-corrected chi connectivity index (χ1v) is 30.3. The van der Waals surface area contributed by atoms with Gasteiger partial charge in [-0.25, -0.2) is 0 Å². The Hall–Kier alpha value is -2.11. The zero-order valence-corrected chi connectivity index (χ0v) is 45.9. The number of esters is 3. The van der Waals surface area contributed by atoms with Crippen molar-refractivity contribution >= 4 is 17.9 Å². The summed E-state index contributed by atoms with van der Waals surface area (Å²) < 4.78 is 16.9. The van der Waals surface area contributed by atoms with E-state index in [1.165, 1.54) is 205 Å². The normalized spacial score (nSPS) is 12.1. The highest BCUT2D eigenvalue weighted by Gasteiger charge is 2.19. The molecule has 0 aliphatic carbocycles. The molecule has 0 aliphatic heterocycles. The predicted octanol–water partition coefficient (Wildman–Crippen LogP) is 20.3. The molecule has 0 bridgehead atoms. The van der Waals surface area contributed by atoms with Crippen molar-refractivity contribution in [1.29, 1.82) is 0 Å². The Bertz CT molecular complexity index is 1100. The van der Waals surface area contributed by atoms with Gasteiger partial charge in [0.25, 0.3) is 0 Å². The van der Waals surface area contributed by atoms with E-state index in [0.29, 0.717) is 19.3 Å². The molecule has 0 aromatic carbocycles.